The Labute approximate surface area is 111 Å². The van der Waals surface area contributed by atoms with E-state index in [2.05, 4.69) is 15.6 Å². The van der Waals surface area contributed by atoms with Crippen molar-refractivity contribution in [1.82, 2.24) is 15.6 Å². The van der Waals surface area contributed by atoms with Crippen molar-refractivity contribution in [1.29, 1.82) is 0 Å². The van der Waals surface area contributed by atoms with Gasteiger partial charge < -0.3 is 16.4 Å². The third-order valence-electron chi connectivity index (χ3n) is 3.08. The number of allylic oxidation sites excluding steroid dienone is 1. The van der Waals surface area contributed by atoms with Gasteiger partial charge in [0, 0.05) is 31.7 Å². The van der Waals surface area contributed by atoms with Crippen molar-refractivity contribution in [2.24, 2.45) is 5.73 Å². The van der Waals surface area contributed by atoms with E-state index in [1.807, 2.05) is 12.0 Å². The molecule has 0 saturated carbocycles. The Kier molecular flexibility index (Phi) is 4.28. The van der Waals surface area contributed by atoms with Gasteiger partial charge in [-0.05, 0) is 18.1 Å². The first-order valence-electron chi connectivity index (χ1n) is 6.15. The van der Waals surface area contributed by atoms with Crippen molar-refractivity contribution in [3.63, 3.8) is 0 Å². The van der Waals surface area contributed by atoms with Gasteiger partial charge >= 0.3 is 0 Å². The number of amides is 1. The molecule has 4 N–H and O–H groups in total. The van der Waals surface area contributed by atoms with E-state index in [4.69, 9.17) is 5.73 Å². The van der Waals surface area contributed by atoms with Crippen LogP contribution in [0.5, 0.6) is 0 Å². The summed E-state index contributed by atoms with van der Waals surface area (Å²) in [6, 6.07) is 3.81. The number of aromatic nitrogens is 1. The highest BCUT2D eigenvalue weighted by Crippen LogP contribution is 2.12. The summed E-state index contributed by atoms with van der Waals surface area (Å²) in [4.78, 5) is 25.6. The largest absolute Gasteiger partial charge is 0.375 e. The van der Waals surface area contributed by atoms with Crippen LogP contribution in [0.2, 0.25) is 0 Å². The van der Waals surface area contributed by atoms with Crippen LogP contribution >= 0.6 is 0 Å². The van der Waals surface area contributed by atoms with Gasteiger partial charge in [0.25, 0.3) is 5.91 Å². The number of rotatable bonds is 5. The highest BCUT2D eigenvalue weighted by atomic mass is 16.1. The van der Waals surface area contributed by atoms with Crippen LogP contribution in [0, 0.1) is 0 Å². The minimum absolute atomic E-state index is 0.227. The lowest BCUT2D eigenvalue weighted by Crippen LogP contribution is -2.33. The van der Waals surface area contributed by atoms with Crippen LogP contribution in [0.1, 0.15) is 28.9 Å². The zero-order chi connectivity index (χ0) is 13.7. The minimum Gasteiger partial charge on any atom is -0.375 e. The molecule has 1 aliphatic rings. The van der Waals surface area contributed by atoms with Crippen LogP contribution in [-0.4, -0.2) is 29.4 Å². The quantitative estimate of drug-likeness (QED) is 0.634. The van der Waals surface area contributed by atoms with Gasteiger partial charge in [-0.25, -0.2) is 4.79 Å². The molecule has 0 aliphatic carbocycles. The minimum atomic E-state index is -0.525. The second kappa shape index (κ2) is 6.13. The van der Waals surface area contributed by atoms with E-state index in [0.29, 0.717) is 24.5 Å². The zero-order valence-electron chi connectivity index (χ0n) is 10.5. The Morgan fingerprint density at radius 3 is 3.16 bits per heavy atom. The Bertz CT molecular complexity index is 523. The SMILES string of the molecule is NC(=O)c1ncccc1CNCC1CCC(=C=O)N1. The fraction of sp³-hybridized carbons (Fsp3) is 0.385. The molecule has 1 fully saturated rings. The lowest BCUT2D eigenvalue weighted by molar-refractivity contribution is 0.0994. The molecule has 2 heterocycles. The predicted octanol–water partition coefficient (Wildman–Crippen LogP) is -0.262. The second-order valence-electron chi connectivity index (χ2n) is 4.47. The number of carbonyl (C=O) groups is 1. The molecule has 100 valence electrons. The molecule has 1 saturated heterocycles. The molecule has 0 radical (unpaired) electrons. The van der Waals surface area contributed by atoms with E-state index in [0.717, 1.165) is 18.4 Å². The van der Waals surface area contributed by atoms with E-state index in [1.54, 1.807) is 12.3 Å². The first kappa shape index (κ1) is 13.3. The molecule has 1 unspecified atom stereocenters. The number of hydrogen-bond donors (Lipinski definition) is 3. The summed E-state index contributed by atoms with van der Waals surface area (Å²) in [5, 5.41) is 6.32. The average molecular weight is 260 g/mol. The maximum atomic E-state index is 11.2. The zero-order valence-corrected chi connectivity index (χ0v) is 10.5. The summed E-state index contributed by atoms with van der Waals surface area (Å²) in [5.74, 6) is 1.36. The van der Waals surface area contributed by atoms with E-state index >= 15 is 0 Å². The Morgan fingerprint density at radius 1 is 1.63 bits per heavy atom. The van der Waals surface area contributed by atoms with Gasteiger partial charge in [-0.3, -0.25) is 9.78 Å². The van der Waals surface area contributed by atoms with Gasteiger partial charge in [0.05, 0.1) is 5.70 Å². The van der Waals surface area contributed by atoms with Crippen LogP contribution in [0.25, 0.3) is 0 Å². The van der Waals surface area contributed by atoms with Crippen LogP contribution < -0.4 is 16.4 Å². The molecule has 1 aliphatic heterocycles. The summed E-state index contributed by atoms with van der Waals surface area (Å²) in [5.41, 5.74) is 6.96. The Morgan fingerprint density at radius 2 is 2.47 bits per heavy atom. The topological polar surface area (TPSA) is 97.1 Å². The van der Waals surface area contributed by atoms with Crippen molar-refractivity contribution in [2.45, 2.75) is 25.4 Å². The van der Waals surface area contributed by atoms with Gasteiger partial charge in [0.15, 0.2) is 0 Å². The fourth-order valence-corrected chi connectivity index (χ4v) is 2.13. The smallest absolute Gasteiger partial charge is 0.267 e. The first-order chi connectivity index (χ1) is 9.20. The molecule has 1 atom stereocenters. The molecule has 2 rings (SSSR count). The first-order valence-corrected chi connectivity index (χ1v) is 6.15. The molecule has 1 aromatic heterocycles. The van der Waals surface area contributed by atoms with Crippen molar-refractivity contribution < 1.29 is 9.59 Å². The molecule has 0 bridgehead atoms. The van der Waals surface area contributed by atoms with Gasteiger partial charge in [-0.15, -0.1) is 0 Å². The van der Waals surface area contributed by atoms with Crippen LogP contribution in [0.4, 0.5) is 0 Å². The summed E-state index contributed by atoms with van der Waals surface area (Å²) >= 11 is 0. The van der Waals surface area contributed by atoms with Crippen LogP contribution in [0.3, 0.4) is 0 Å². The number of hydrogen-bond acceptors (Lipinski definition) is 5. The number of primary amides is 1. The monoisotopic (exact) mass is 260 g/mol. The molecule has 19 heavy (non-hydrogen) atoms. The maximum absolute atomic E-state index is 11.2. The summed E-state index contributed by atoms with van der Waals surface area (Å²) in [6.45, 7) is 1.22. The van der Waals surface area contributed by atoms with E-state index in [-0.39, 0.29) is 6.04 Å². The van der Waals surface area contributed by atoms with Crippen molar-refractivity contribution in [3.8, 4) is 0 Å². The van der Waals surface area contributed by atoms with Crippen LogP contribution in [-0.2, 0) is 11.3 Å². The van der Waals surface area contributed by atoms with Crippen molar-refractivity contribution in [2.75, 3.05) is 6.54 Å². The molecular formula is C13H16N4O2. The lowest BCUT2D eigenvalue weighted by Gasteiger charge is -2.12. The van der Waals surface area contributed by atoms with Gasteiger partial charge in [-0.2, -0.15) is 0 Å². The summed E-state index contributed by atoms with van der Waals surface area (Å²) in [6.07, 6.45) is 3.20. The van der Waals surface area contributed by atoms with Crippen molar-refractivity contribution in [3.05, 3.63) is 35.3 Å². The number of nitrogens with zero attached hydrogens (tertiary/aromatic N) is 1. The van der Waals surface area contributed by atoms with E-state index in [1.165, 1.54) is 0 Å². The number of nitrogens with two attached hydrogens (primary N) is 1. The van der Waals surface area contributed by atoms with Gasteiger partial charge in [0.1, 0.15) is 11.6 Å². The average Bonchev–Trinajstić information content (AvgIpc) is 2.87. The molecule has 1 amide bonds. The molecule has 0 aromatic carbocycles. The van der Waals surface area contributed by atoms with Gasteiger partial charge in [0.2, 0.25) is 0 Å². The Hall–Kier alpha value is -2.17. The van der Waals surface area contributed by atoms with E-state index in [9.17, 15) is 9.59 Å². The van der Waals surface area contributed by atoms with E-state index < -0.39 is 5.91 Å². The normalized spacial score (nSPS) is 17.9. The standard InChI is InChI=1S/C13H16N4O2/c14-13(19)12-9(2-1-5-16-12)6-15-7-10-3-4-11(8-18)17-10/h1-2,5,10,15,17H,3-4,6-7H2,(H2,14,19). The van der Waals surface area contributed by atoms with Gasteiger partial charge in [-0.1, -0.05) is 6.07 Å². The fourth-order valence-electron chi connectivity index (χ4n) is 2.13. The predicted molar refractivity (Wildman–Crippen MR) is 69.8 cm³/mol. The highest BCUT2D eigenvalue weighted by molar-refractivity contribution is 5.92. The summed E-state index contributed by atoms with van der Waals surface area (Å²) in [7, 11) is 0. The number of carbonyl (C=O) groups excluding carboxylic acids is 2. The third-order valence-corrected chi connectivity index (χ3v) is 3.08. The molecule has 1 aromatic rings. The number of nitrogens with one attached hydrogen (secondary N) is 2. The Balaban J connectivity index is 1.86. The maximum Gasteiger partial charge on any atom is 0.267 e. The van der Waals surface area contributed by atoms with Crippen LogP contribution in [0.15, 0.2) is 24.0 Å². The third kappa shape index (κ3) is 3.40. The second-order valence-corrected chi connectivity index (χ2v) is 4.47. The number of pyridine rings is 1. The molecule has 6 nitrogen and oxygen atoms in total. The lowest BCUT2D eigenvalue weighted by atomic mass is 10.1. The van der Waals surface area contributed by atoms with Crippen molar-refractivity contribution >= 4 is 11.8 Å². The molecule has 0 spiro atoms. The molecule has 6 heteroatoms. The molecular weight excluding hydrogens is 244 g/mol. The summed E-state index contributed by atoms with van der Waals surface area (Å²) < 4.78 is 0. The highest BCUT2D eigenvalue weighted by Gasteiger charge is 2.18.